The summed E-state index contributed by atoms with van der Waals surface area (Å²) in [4.78, 5) is 4.69. The summed E-state index contributed by atoms with van der Waals surface area (Å²) in [5.41, 5.74) is 0.810. The predicted molar refractivity (Wildman–Crippen MR) is 76.9 cm³/mol. The number of halogens is 1. The van der Waals surface area contributed by atoms with E-state index in [0.717, 1.165) is 44.7 Å². The standard InChI is InChI=1S/C15H24FN3/c1-18(12-14-11-17-8-10-19(14)2)9-7-13-5-3-4-6-15(13)16/h3-6,14,17H,7-12H2,1-2H3. The molecule has 1 atom stereocenters. The Balaban J connectivity index is 1.78. The fraction of sp³-hybridized carbons (Fsp3) is 0.600. The van der Waals surface area contributed by atoms with Crippen molar-refractivity contribution in [1.82, 2.24) is 15.1 Å². The Hall–Kier alpha value is -0.970. The molecule has 2 rings (SSSR count). The Morgan fingerprint density at radius 3 is 2.95 bits per heavy atom. The van der Waals surface area contributed by atoms with Gasteiger partial charge in [0.2, 0.25) is 0 Å². The molecule has 0 amide bonds. The molecule has 1 saturated heterocycles. The van der Waals surface area contributed by atoms with E-state index >= 15 is 0 Å². The molecule has 0 aliphatic carbocycles. The SMILES string of the molecule is CN(CCc1ccccc1F)CC1CNCCN1C. The molecule has 1 aliphatic heterocycles. The molecule has 1 N–H and O–H groups in total. The summed E-state index contributed by atoms with van der Waals surface area (Å²) in [5.74, 6) is -0.0904. The maximum Gasteiger partial charge on any atom is 0.126 e. The van der Waals surface area contributed by atoms with Gasteiger partial charge in [-0.05, 0) is 32.1 Å². The number of likely N-dealkylation sites (N-methyl/N-ethyl adjacent to an activating group) is 2. The predicted octanol–water partition coefficient (Wildman–Crippen LogP) is 1.20. The van der Waals surface area contributed by atoms with Gasteiger partial charge >= 0.3 is 0 Å². The topological polar surface area (TPSA) is 18.5 Å². The highest BCUT2D eigenvalue weighted by atomic mass is 19.1. The van der Waals surface area contributed by atoms with Crippen molar-refractivity contribution in [2.75, 3.05) is 46.8 Å². The summed E-state index contributed by atoms with van der Waals surface area (Å²) in [6.07, 6.45) is 0.771. The first-order valence-electron chi connectivity index (χ1n) is 6.99. The van der Waals surface area contributed by atoms with Crippen molar-refractivity contribution in [3.8, 4) is 0 Å². The quantitative estimate of drug-likeness (QED) is 0.863. The van der Waals surface area contributed by atoms with Crippen LogP contribution in [0.5, 0.6) is 0 Å². The average Bonchev–Trinajstić information content (AvgIpc) is 2.40. The van der Waals surface area contributed by atoms with E-state index in [4.69, 9.17) is 0 Å². The first-order valence-corrected chi connectivity index (χ1v) is 6.99. The minimum Gasteiger partial charge on any atom is -0.314 e. The maximum absolute atomic E-state index is 13.5. The highest BCUT2D eigenvalue weighted by Gasteiger charge is 2.19. The number of benzene rings is 1. The fourth-order valence-electron chi connectivity index (χ4n) is 2.53. The molecule has 3 nitrogen and oxygen atoms in total. The van der Waals surface area contributed by atoms with Crippen molar-refractivity contribution in [3.05, 3.63) is 35.6 Å². The molecule has 106 valence electrons. The number of piperazine rings is 1. The van der Waals surface area contributed by atoms with Gasteiger partial charge in [-0.3, -0.25) is 4.90 Å². The average molecular weight is 265 g/mol. The summed E-state index contributed by atoms with van der Waals surface area (Å²) in [6, 6.07) is 7.60. The summed E-state index contributed by atoms with van der Waals surface area (Å²) in [6.45, 7) is 5.14. The van der Waals surface area contributed by atoms with Crippen molar-refractivity contribution in [1.29, 1.82) is 0 Å². The van der Waals surface area contributed by atoms with Crippen molar-refractivity contribution < 1.29 is 4.39 Å². The van der Waals surface area contributed by atoms with Crippen LogP contribution >= 0.6 is 0 Å². The molecule has 1 heterocycles. The van der Waals surface area contributed by atoms with Gasteiger partial charge in [0.05, 0.1) is 0 Å². The summed E-state index contributed by atoms with van der Waals surface area (Å²) >= 11 is 0. The van der Waals surface area contributed by atoms with Crippen LogP contribution in [-0.2, 0) is 6.42 Å². The molecule has 0 aromatic heterocycles. The van der Waals surface area contributed by atoms with Gasteiger partial charge in [-0.15, -0.1) is 0 Å². The van der Waals surface area contributed by atoms with Gasteiger partial charge < -0.3 is 10.2 Å². The van der Waals surface area contributed by atoms with Crippen LogP contribution in [0.4, 0.5) is 4.39 Å². The lowest BCUT2D eigenvalue weighted by Gasteiger charge is -2.35. The number of hydrogen-bond donors (Lipinski definition) is 1. The molecule has 0 spiro atoms. The van der Waals surface area contributed by atoms with E-state index in [1.165, 1.54) is 6.07 Å². The molecular formula is C15H24FN3. The minimum atomic E-state index is -0.0904. The van der Waals surface area contributed by atoms with E-state index in [0.29, 0.717) is 6.04 Å². The minimum absolute atomic E-state index is 0.0904. The lowest BCUT2D eigenvalue weighted by molar-refractivity contribution is 0.153. The van der Waals surface area contributed by atoms with Crippen LogP contribution in [0, 0.1) is 5.82 Å². The molecule has 1 aliphatic rings. The van der Waals surface area contributed by atoms with Gasteiger partial charge in [-0.1, -0.05) is 18.2 Å². The molecule has 1 aromatic rings. The van der Waals surface area contributed by atoms with Crippen molar-refractivity contribution in [2.45, 2.75) is 12.5 Å². The van der Waals surface area contributed by atoms with E-state index in [-0.39, 0.29) is 5.82 Å². The molecule has 1 aromatic carbocycles. The Kier molecular flexibility index (Phi) is 5.31. The molecule has 19 heavy (non-hydrogen) atoms. The first kappa shape index (κ1) is 14.4. The zero-order valence-corrected chi connectivity index (χ0v) is 11.9. The highest BCUT2D eigenvalue weighted by molar-refractivity contribution is 5.17. The van der Waals surface area contributed by atoms with E-state index in [2.05, 4.69) is 29.2 Å². The lowest BCUT2D eigenvalue weighted by Crippen LogP contribution is -2.53. The zero-order chi connectivity index (χ0) is 13.7. The van der Waals surface area contributed by atoms with E-state index in [9.17, 15) is 4.39 Å². The van der Waals surface area contributed by atoms with Crippen LogP contribution in [-0.4, -0.2) is 62.7 Å². The van der Waals surface area contributed by atoms with Gasteiger partial charge in [-0.25, -0.2) is 4.39 Å². The molecule has 0 saturated carbocycles. The Morgan fingerprint density at radius 2 is 2.21 bits per heavy atom. The summed E-state index contributed by atoms with van der Waals surface area (Å²) < 4.78 is 13.5. The third-order valence-electron chi connectivity index (χ3n) is 3.89. The number of rotatable bonds is 5. The third kappa shape index (κ3) is 4.27. The van der Waals surface area contributed by atoms with Crippen molar-refractivity contribution in [3.63, 3.8) is 0 Å². The molecule has 0 bridgehead atoms. The first-order chi connectivity index (χ1) is 9.16. The van der Waals surface area contributed by atoms with Crippen molar-refractivity contribution in [2.24, 2.45) is 0 Å². The Labute approximate surface area is 115 Å². The fourth-order valence-corrected chi connectivity index (χ4v) is 2.53. The molecule has 1 unspecified atom stereocenters. The molecule has 4 heteroatoms. The third-order valence-corrected chi connectivity index (χ3v) is 3.89. The maximum atomic E-state index is 13.5. The van der Waals surface area contributed by atoms with Crippen LogP contribution in [0.1, 0.15) is 5.56 Å². The Bertz CT molecular complexity index is 397. The summed E-state index contributed by atoms with van der Waals surface area (Å²) in [5, 5.41) is 3.43. The second-order valence-electron chi connectivity index (χ2n) is 5.44. The second kappa shape index (κ2) is 6.98. The second-order valence-corrected chi connectivity index (χ2v) is 5.44. The molecule has 0 radical (unpaired) electrons. The van der Waals surface area contributed by atoms with E-state index in [1.807, 2.05) is 12.1 Å². The van der Waals surface area contributed by atoms with Crippen LogP contribution in [0.2, 0.25) is 0 Å². The van der Waals surface area contributed by atoms with Gasteiger partial charge in [0.15, 0.2) is 0 Å². The van der Waals surface area contributed by atoms with Crippen molar-refractivity contribution >= 4 is 0 Å². The van der Waals surface area contributed by atoms with Crippen LogP contribution in [0.25, 0.3) is 0 Å². The van der Waals surface area contributed by atoms with Crippen LogP contribution in [0.15, 0.2) is 24.3 Å². The van der Waals surface area contributed by atoms with Gasteiger partial charge in [0.25, 0.3) is 0 Å². The normalized spacial score (nSPS) is 20.9. The molecule has 1 fully saturated rings. The lowest BCUT2D eigenvalue weighted by atomic mass is 10.1. The van der Waals surface area contributed by atoms with Gasteiger partial charge in [0, 0.05) is 38.8 Å². The summed E-state index contributed by atoms with van der Waals surface area (Å²) in [7, 11) is 4.29. The van der Waals surface area contributed by atoms with Crippen LogP contribution < -0.4 is 5.32 Å². The molecular weight excluding hydrogens is 241 g/mol. The van der Waals surface area contributed by atoms with E-state index in [1.54, 1.807) is 6.07 Å². The number of nitrogens with zero attached hydrogens (tertiary/aromatic N) is 2. The Morgan fingerprint density at radius 1 is 1.42 bits per heavy atom. The monoisotopic (exact) mass is 265 g/mol. The van der Waals surface area contributed by atoms with Gasteiger partial charge in [0.1, 0.15) is 5.82 Å². The zero-order valence-electron chi connectivity index (χ0n) is 11.9. The smallest absolute Gasteiger partial charge is 0.126 e. The van der Waals surface area contributed by atoms with E-state index < -0.39 is 0 Å². The van der Waals surface area contributed by atoms with Gasteiger partial charge in [-0.2, -0.15) is 0 Å². The number of nitrogens with one attached hydrogen (secondary N) is 1. The largest absolute Gasteiger partial charge is 0.314 e. The van der Waals surface area contributed by atoms with Crippen LogP contribution in [0.3, 0.4) is 0 Å². The number of hydrogen-bond acceptors (Lipinski definition) is 3. The highest BCUT2D eigenvalue weighted by Crippen LogP contribution is 2.08.